The van der Waals surface area contributed by atoms with Crippen molar-refractivity contribution in [3.63, 3.8) is 0 Å². The van der Waals surface area contributed by atoms with Gasteiger partial charge in [0.2, 0.25) is 5.91 Å². The molecule has 2 fully saturated rings. The number of aromatic nitrogens is 1. The van der Waals surface area contributed by atoms with Gasteiger partial charge in [-0.25, -0.2) is 4.98 Å². The molecular formula is C19H24N2O2S. The van der Waals surface area contributed by atoms with Gasteiger partial charge in [-0.15, -0.1) is 11.3 Å². The number of carbonyl (C=O) groups is 1. The summed E-state index contributed by atoms with van der Waals surface area (Å²) in [6.07, 6.45) is 7.59. The first-order valence-corrected chi connectivity index (χ1v) is 9.88. The number of rotatable bonds is 5. The molecule has 0 unspecified atom stereocenters. The van der Waals surface area contributed by atoms with E-state index in [1.807, 2.05) is 22.5 Å². The normalized spacial score (nSPS) is 26.5. The van der Waals surface area contributed by atoms with E-state index >= 15 is 0 Å². The Kier molecular flexibility index (Phi) is 4.44. The van der Waals surface area contributed by atoms with Crippen LogP contribution in [-0.2, 0) is 11.2 Å². The Morgan fingerprint density at radius 1 is 1.42 bits per heavy atom. The molecule has 1 saturated carbocycles. The number of carbonyl (C=O) groups excluding carboxylic acids is 1. The summed E-state index contributed by atoms with van der Waals surface area (Å²) in [6.45, 7) is 3.11. The molecular weight excluding hydrogens is 320 g/mol. The molecule has 4 nitrogen and oxygen atoms in total. The number of piperidine rings is 1. The van der Waals surface area contributed by atoms with Gasteiger partial charge in [0.1, 0.15) is 16.5 Å². The number of hydrogen-bond donors (Lipinski definition) is 0. The molecule has 128 valence electrons. The Morgan fingerprint density at radius 2 is 2.29 bits per heavy atom. The van der Waals surface area contributed by atoms with Gasteiger partial charge in [0.05, 0.1) is 6.04 Å². The zero-order valence-electron chi connectivity index (χ0n) is 14.1. The molecule has 3 heterocycles. The van der Waals surface area contributed by atoms with Crippen LogP contribution in [0.15, 0.2) is 28.1 Å². The van der Waals surface area contributed by atoms with Crippen molar-refractivity contribution in [1.29, 1.82) is 0 Å². The summed E-state index contributed by atoms with van der Waals surface area (Å²) in [6, 6.07) is 4.31. The van der Waals surface area contributed by atoms with Gasteiger partial charge < -0.3 is 9.32 Å². The van der Waals surface area contributed by atoms with E-state index in [1.165, 1.54) is 12.8 Å². The lowest BCUT2D eigenvalue weighted by molar-refractivity contribution is -0.135. The van der Waals surface area contributed by atoms with E-state index in [9.17, 15) is 4.79 Å². The number of thiazole rings is 1. The van der Waals surface area contributed by atoms with Crippen molar-refractivity contribution in [3.05, 3.63) is 40.2 Å². The van der Waals surface area contributed by atoms with Gasteiger partial charge in [0.15, 0.2) is 0 Å². The van der Waals surface area contributed by atoms with Crippen molar-refractivity contribution in [2.75, 3.05) is 6.54 Å². The number of amides is 1. The van der Waals surface area contributed by atoms with Gasteiger partial charge in [0.25, 0.3) is 0 Å². The van der Waals surface area contributed by atoms with E-state index < -0.39 is 0 Å². The summed E-state index contributed by atoms with van der Waals surface area (Å²) in [5, 5.41) is 3.07. The van der Waals surface area contributed by atoms with E-state index in [0.29, 0.717) is 18.8 Å². The Hall–Kier alpha value is -1.62. The van der Waals surface area contributed by atoms with Crippen LogP contribution in [-0.4, -0.2) is 22.3 Å². The van der Waals surface area contributed by atoms with Crippen LogP contribution in [0.5, 0.6) is 0 Å². The van der Waals surface area contributed by atoms with E-state index in [4.69, 9.17) is 4.42 Å². The van der Waals surface area contributed by atoms with Gasteiger partial charge in [-0.3, -0.25) is 4.79 Å². The van der Waals surface area contributed by atoms with E-state index in [1.54, 1.807) is 11.3 Å². The molecule has 0 spiro atoms. The number of likely N-dealkylation sites (tertiary alicyclic amines) is 1. The predicted molar refractivity (Wildman–Crippen MR) is 94.0 cm³/mol. The maximum Gasteiger partial charge on any atom is 0.223 e. The van der Waals surface area contributed by atoms with Crippen molar-refractivity contribution < 1.29 is 9.21 Å². The smallest absolute Gasteiger partial charge is 0.223 e. The van der Waals surface area contributed by atoms with Gasteiger partial charge in [-0.2, -0.15) is 0 Å². The second kappa shape index (κ2) is 6.71. The molecule has 1 amide bonds. The largest absolute Gasteiger partial charge is 0.466 e. The number of hydrogen-bond acceptors (Lipinski definition) is 4. The van der Waals surface area contributed by atoms with Crippen LogP contribution in [0.2, 0.25) is 0 Å². The van der Waals surface area contributed by atoms with Crippen LogP contribution >= 0.6 is 11.3 Å². The Bertz CT molecular complexity index is 694. The summed E-state index contributed by atoms with van der Waals surface area (Å²) >= 11 is 1.66. The molecule has 5 heteroatoms. The zero-order valence-corrected chi connectivity index (χ0v) is 14.9. The minimum absolute atomic E-state index is 0.172. The fourth-order valence-electron chi connectivity index (χ4n) is 3.71. The molecule has 1 aliphatic heterocycles. The maximum atomic E-state index is 12.7. The predicted octanol–water partition coefficient (Wildman–Crippen LogP) is 4.55. The summed E-state index contributed by atoms with van der Waals surface area (Å²) in [5.74, 6) is 3.63. The summed E-state index contributed by atoms with van der Waals surface area (Å²) < 4.78 is 5.93. The average Bonchev–Trinajstić information content (AvgIpc) is 3.03. The van der Waals surface area contributed by atoms with Crippen molar-refractivity contribution in [2.45, 2.75) is 57.4 Å². The monoisotopic (exact) mass is 344 g/mol. The summed E-state index contributed by atoms with van der Waals surface area (Å²) in [5.41, 5.74) is 0. The summed E-state index contributed by atoms with van der Waals surface area (Å²) in [4.78, 5) is 19.2. The highest BCUT2D eigenvalue weighted by Gasteiger charge is 2.36. The maximum absolute atomic E-state index is 12.7. The van der Waals surface area contributed by atoms with Crippen LogP contribution < -0.4 is 0 Å². The number of nitrogens with zero attached hydrogens (tertiary/aromatic N) is 2. The fourth-order valence-corrected chi connectivity index (χ4v) is 4.49. The third kappa shape index (κ3) is 3.27. The highest BCUT2D eigenvalue weighted by atomic mass is 32.1. The lowest BCUT2D eigenvalue weighted by Gasteiger charge is -2.34. The Balaban J connectivity index is 1.37. The van der Waals surface area contributed by atoms with E-state index in [-0.39, 0.29) is 11.9 Å². The van der Waals surface area contributed by atoms with Crippen molar-refractivity contribution in [1.82, 2.24) is 9.88 Å². The first kappa shape index (κ1) is 15.9. The molecule has 3 atom stereocenters. The van der Waals surface area contributed by atoms with Crippen LogP contribution in [0.1, 0.15) is 67.5 Å². The minimum atomic E-state index is 0.172. The van der Waals surface area contributed by atoms with Crippen molar-refractivity contribution >= 4 is 17.2 Å². The Labute approximate surface area is 146 Å². The molecule has 0 N–H and O–H groups in total. The van der Waals surface area contributed by atoms with Crippen LogP contribution in [0, 0.1) is 5.92 Å². The molecule has 2 aromatic heterocycles. The second-order valence-corrected chi connectivity index (χ2v) is 8.02. The number of furan rings is 1. The molecule has 2 aromatic rings. The fraction of sp³-hybridized carbons (Fsp3) is 0.579. The third-order valence-corrected chi connectivity index (χ3v) is 6.18. The first-order valence-electron chi connectivity index (χ1n) is 9.00. The number of aryl methyl sites for hydroxylation is 1. The molecule has 4 rings (SSSR count). The lowest BCUT2D eigenvalue weighted by atomic mass is 10.0. The van der Waals surface area contributed by atoms with Crippen molar-refractivity contribution in [3.8, 4) is 0 Å². The first-order chi connectivity index (χ1) is 11.7. The molecule has 2 aliphatic rings. The topological polar surface area (TPSA) is 46.3 Å². The lowest BCUT2D eigenvalue weighted by Crippen LogP contribution is -2.38. The van der Waals surface area contributed by atoms with E-state index in [2.05, 4.69) is 18.0 Å². The molecule has 0 aromatic carbocycles. The third-order valence-electron chi connectivity index (χ3n) is 5.30. The SMILES string of the molecule is C[C@@H]1C[C@@H]1c1ccc(CCC(=O)N2CCCC[C@@H]2c2nccs2)o1. The van der Waals surface area contributed by atoms with Gasteiger partial charge in [0, 0.05) is 36.9 Å². The van der Waals surface area contributed by atoms with Gasteiger partial charge in [-0.1, -0.05) is 6.92 Å². The van der Waals surface area contributed by atoms with Crippen LogP contribution in [0.3, 0.4) is 0 Å². The second-order valence-electron chi connectivity index (χ2n) is 7.09. The zero-order chi connectivity index (χ0) is 16.5. The molecule has 24 heavy (non-hydrogen) atoms. The highest BCUT2D eigenvalue weighted by Crippen LogP contribution is 2.47. The molecule has 0 radical (unpaired) electrons. The molecule has 1 saturated heterocycles. The Morgan fingerprint density at radius 3 is 3.04 bits per heavy atom. The van der Waals surface area contributed by atoms with Gasteiger partial charge in [-0.05, 0) is 43.7 Å². The van der Waals surface area contributed by atoms with E-state index in [0.717, 1.165) is 41.8 Å². The standard InChI is InChI=1S/C19H24N2O2S/c1-13-12-15(13)17-7-5-14(23-17)6-8-18(22)21-10-3-2-4-16(21)19-20-9-11-24-19/h5,7,9,11,13,15-16H,2-4,6,8,10,12H2,1H3/t13-,15+,16-/m1/s1. The molecule has 1 aliphatic carbocycles. The minimum Gasteiger partial charge on any atom is -0.466 e. The highest BCUT2D eigenvalue weighted by molar-refractivity contribution is 7.09. The molecule has 0 bridgehead atoms. The van der Waals surface area contributed by atoms with Crippen LogP contribution in [0.4, 0.5) is 0 Å². The average molecular weight is 344 g/mol. The van der Waals surface area contributed by atoms with Crippen LogP contribution in [0.25, 0.3) is 0 Å². The summed E-state index contributed by atoms with van der Waals surface area (Å²) in [7, 11) is 0. The van der Waals surface area contributed by atoms with Crippen molar-refractivity contribution in [2.24, 2.45) is 5.92 Å². The van der Waals surface area contributed by atoms with Gasteiger partial charge >= 0.3 is 0 Å². The quantitative estimate of drug-likeness (QED) is 0.799.